The molecule has 2 heterocycles. The van der Waals surface area contributed by atoms with E-state index in [1.54, 1.807) is 11.8 Å². The Morgan fingerprint density at radius 3 is 2.60 bits per heavy atom. The van der Waals surface area contributed by atoms with Gasteiger partial charge in [0.2, 0.25) is 0 Å². The average molecular weight is 293 g/mol. The van der Waals surface area contributed by atoms with Crippen molar-refractivity contribution in [3.8, 4) is 0 Å². The first-order valence-corrected chi connectivity index (χ1v) is 7.41. The van der Waals surface area contributed by atoms with Crippen molar-refractivity contribution in [2.75, 3.05) is 13.1 Å². The number of ether oxygens (including phenoxy) is 1. The van der Waals surface area contributed by atoms with E-state index in [1.165, 1.54) is 11.3 Å². The number of rotatable bonds is 2. The van der Waals surface area contributed by atoms with Gasteiger partial charge in [0, 0.05) is 13.1 Å². The third-order valence-corrected chi connectivity index (χ3v) is 3.92. The predicted octanol–water partition coefficient (Wildman–Crippen LogP) is 3.58. The normalized spacial score (nSPS) is 15.2. The molecule has 1 aliphatic heterocycles. The van der Waals surface area contributed by atoms with Gasteiger partial charge in [-0.05, 0) is 50.3 Å². The number of hydrogen-bond acceptors (Lipinski definition) is 4. The first-order valence-electron chi connectivity index (χ1n) is 6.53. The highest BCUT2D eigenvalue weighted by Gasteiger charge is 2.26. The van der Waals surface area contributed by atoms with E-state index in [0.29, 0.717) is 13.1 Å². The summed E-state index contributed by atoms with van der Waals surface area (Å²) in [4.78, 5) is 25.7. The van der Waals surface area contributed by atoms with Gasteiger partial charge in [0.15, 0.2) is 5.78 Å². The second-order valence-electron chi connectivity index (χ2n) is 5.85. The summed E-state index contributed by atoms with van der Waals surface area (Å²) >= 11 is 1.44. The van der Waals surface area contributed by atoms with Crippen LogP contribution in [0.25, 0.3) is 5.57 Å². The lowest BCUT2D eigenvalue weighted by molar-refractivity contribution is 0.0306. The number of amides is 1. The van der Waals surface area contributed by atoms with Crippen LogP contribution in [0.2, 0.25) is 0 Å². The number of hydrogen-bond donors (Lipinski definition) is 0. The summed E-state index contributed by atoms with van der Waals surface area (Å²) in [5.41, 5.74) is 1.61. The van der Waals surface area contributed by atoms with Gasteiger partial charge in [-0.3, -0.25) is 4.79 Å². The van der Waals surface area contributed by atoms with E-state index >= 15 is 0 Å². The quantitative estimate of drug-likeness (QED) is 0.783. The number of nitrogens with zero attached hydrogens (tertiary/aromatic N) is 1. The molecule has 1 aromatic heterocycles. The van der Waals surface area contributed by atoms with Crippen LogP contribution < -0.4 is 0 Å². The molecule has 0 aliphatic carbocycles. The van der Waals surface area contributed by atoms with Gasteiger partial charge >= 0.3 is 6.09 Å². The van der Waals surface area contributed by atoms with E-state index in [0.717, 1.165) is 16.0 Å². The van der Waals surface area contributed by atoms with E-state index in [-0.39, 0.29) is 11.9 Å². The van der Waals surface area contributed by atoms with Crippen LogP contribution in [0.4, 0.5) is 4.79 Å². The molecule has 0 atom stereocenters. The van der Waals surface area contributed by atoms with Gasteiger partial charge in [0.05, 0.1) is 4.88 Å². The predicted molar refractivity (Wildman–Crippen MR) is 80.1 cm³/mol. The van der Waals surface area contributed by atoms with Crippen molar-refractivity contribution >= 4 is 28.8 Å². The molecule has 0 saturated heterocycles. The standard InChI is InChI=1S/C15H19NO3S/c1-10(17)13-7-12(9-20-13)11-5-6-16(8-11)14(18)19-15(2,3)4/h5,7,9H,6,8H2,1-4H3. The van der Waals surface area contributed by atoms with Gasteiger partial charge < -0.3 is 9.64 Å². The fourth-order valence-electron chi connectivity index (χ4n) is 1.92. The van der Waals surface area contributed by atoms with Crippen LogP contribution in [0.15, 0.2) is 17.5 Å². The van der Waals surface area contributed by atoms with Crippen LogP contribution >= 0.6 is 11.3 Å². The molecule has 0 aromatic carbocycles. The summed E-state index contributed by atoms with van der Waals surface area (Å²) in [6.07, 6.45) is 1.71. The number of carbonyl (C=O) groups excluding carboxylic acids is 2. The first-order chi connectivity index (χ1) is 9.26. The van der Waals surface area contributed by atoms with Crippen LogP contribution in [0.1, 0.15) is 42.9 Å². The molecule has 5 heteroatoms. The minimum absolute atomic E-state index is 0.0730. The fourth-order valence-corrected chi connectivity index (χ4v) is 2.75. The van der Waals surface area contributed by atoms with Crippen molar-refractivity contribution in [2.24, 2.45) is 0 Å². The molecular weight excluding hydrogens is 274 g/mol. The number of carbonyl (C=O) groups is 2. The van der Waals surface area contributed by atoms with E-state index < -0.39 is 5.60 Å². The second-order valence-corrected chi connectivity index (χ2v) is 6.76. The highest BCUT2D eigenvalue weighted by Crippen LogP contribution is 2.27. The second kappa shape index (κ2) is 5.40. The van der Waals surface area contributed by atoms with Crippen molar-refractivity contribution in [1.29, 1.82) is 0 Å². The maximum Gasteiger partial charge on any atom is 0.410 e. The average Bonchev–Trinajstić information content (AvgIpc) is 2.95. The Morgan fingerprint density at radius 2 is 2.05 bits per heavy atom. The summed E-state index contributed by atoms with van der Waals surface area (Å²) < 4.78 is 5.35. The molecule has 0 saturated carbocycles. The van der Waals surface area contributed by atoms with Crippen molar-refractivity contribution in [2.45, 2.75) is 33.3 Å². The smallest absolute Gasteiger partial charge is 0.410 e. The molecule has 1 aromatic rings. The largest absolute Gasteiger partial charge is 0.444 e. The number of ketones is 1. The minimum Gasteiger partial charge on any atom is -0.444 e. The van der Waals surface area contributed by atoms with Crippen LogP contribution in [0, 0.1) is 0 Å². The van der Waals surface area contributed by atoms with Crippen LogP contribution in [-0.4, -0.2) is 35.5 Å². The van der Waals surface area contributed by atoms with E-state index in [2.05, 4.69) is 0 Å². The van der Waals surface area contributed by atoms with Crippen LogP contribution in [-0.2, 0) is 4.74 Å². The van der Waals surface area contributed by atoms with Crippen molar-refractivity contribution in [3.63, 3.8) is 0 Å². The molecular formula is C15H19NO3S. The number of thiophene rings is 1. The molecule has 0 N–H and O–H groups in total. The molecule has 0 bridgehead atoms. The van der Waals surface area contributed by atoms with E-state index in [1.807, 2.05) is 38.3 Å². The molecule has 0 radical (unpaired) electrons. The summed E-state index contributed by atoms with van der Waals surface area (Å²) in [5, 5.41) is 1.96. The van der Waals surface area contributed by atoms with Crippen molar-refractivity contribution < 1.29 is 14.3 Å². The molecule has 1 amide bonds. The Morgan fingerprint density at radius 1 is 1.35 bits per heavy atom. The van der Waals surface area contributed by atoms with Gasteiger partial charge in [0.1, 0.15) is 5.60 Å². The SMILES string of the molecule is CC(=O)c1cc(C2=CCN(C(=O)OC(C)(C)C)C2)cs1. The number of Topliss-reactive ketones (excluding diaryl/α,β-unsaturated/α-hetero) is 1. The molecule has 0 fully saturated rings. The van der Waals surface area contributed by atoms with Gasteiger partial charge in [-0.2, -0.15) is 0 Å². The van der Waals surface area contributed by atoms with Gasteiger partial charge in [0.25, 0.3) is 0 Å². The zero-order chi connectivity index (χ0) is 14.9. The van der Waals surface area contributed by atoms with Crippen molar-refractivity contribution in [3.05, 3.63) is 28.0 Å². The lowest BCUT2D eigenvalue weighted by Gasteiger charge is -2.24. The summed E-state index contributed by atoms with van der Waals surface area (Å²) in [6.45, 7) is 8.21. The Balaban J connectivity index is 2.01. The maximum atomic E-state index is 12.0. The molecule has 108 valence electrons. The fraction of sp³-hybridized carbons (Fsp3) is 0.467. The summed E-state index contributed by atoms with van der Waals surface area (Å²) in [6, 6.07) is 1.89. The van der Waals surface area contributed by atoms with Gasteiger partial charge in [-0.1, -0.05) is 6.08 Å². The molecule has 2 rings (SSSR count). The minimum atomic E-state index is -0.482. The highest BCUT2D eigenvalue weighted by atomic mass is 32.1. The van der Waals surface area contributed by atoms with E-state index in [9.17, 15) is 9.59 Å². The Labute approximate surface area is 123 Å². The zero-order valence-corrected chi connectivity index (χ0v) is 13.0. The molecule has 0 spiro atoms. The highest BCUT2D eigenvalue weighted by molar-refractivity contribution is 7.12. The van der Waals surface area contributed by atoms with Gasteiger partial charge in [-0.15, -0.1) is 11.3 Å². The van der Waals surface area contributed by atoms with Crippen LogP contribution in [0.3, 0.4) is 0 Å². The van der Waals surface area contributed by atoms with Crippen molar-refractivity contribution in [1.82, 2.24) is 4.90 Å². The van der Waals surface area contributed by atoms with Gasteiger partial charge in [-0.25, -0.2) is 4.79 Å². The molecule has 0 unspecified atom stereocenters. The Bertz CT molecular complexity index is 566. The molecule has 20 heavy (non-hydrogen) atoms. The third kappa shape index (κ3) is 3.48. The Kier molecular flexibility index (Phi) is 3.99. The maximum absolute atomic E-state index is 12.0. The molecule has 4 nitrogen and oxygen atoms in total. The summed E-state index contributed by atoms with van der Waals surface area (Å²) in [5.74, 6) is 0.0730. The van der Waals surface area contributed by atoms with Crippen LogP contribution in [0.5, 0.6) is 0 Å². The zero-order valence-electron chi connectivity index (χ0n) is 12.2. The van der Waals surface area contributed by atoms with E-state index in [4.69, 9.17) is 4.74 Å². The lowest BCUT2D eigenvalue weighted by Crippen LogP contribution is -2.35. The third-order valence-electron chi connectivity index (χ3n) is 2.89. The topological polar surface area (TPSA) is 46.6 Å². The summed E-state index contributed by atoms with van der Waals surface area (Å²) in [7, 11) is 0. The Hall–Kier alpha value is -1.62. The lowest BCUT2D eigenvalue weighted by atomic mass is 10.1. The molecule has 1 aliphatic rings. The first kappa shape index (κ1) is 14.8. The monoisotopic (exact) mass is 293 g/mol.